The maximum absolute atomic E-state index is 9.65. The fraction of sp³-hybridized carbons (Fsp3) is 0.444. The van der Waals surface area contributed by atoms with Gasteiger partial charge < -0.3 is 4.90 Å². The lowest BCUT2D eigenvalue weighted by Crippen LogP contribution is -2.62. The molecule has 7 rings (SSSR count). The summed E-state index contributed by atoms with van der Waals surface area (Å²) >= 11 is 6.40. The van der Waals surface area contributed by atoms with E-state index in [1.165, 1.54) is 0 Å². The third-order valence-electron chi connectivity index (χ3n) is 8.36. The van der Waals surface area contributed by atoms with Gasteiger partial charge in [0.05, 0.1) is 23.7 Å². The van der Waals surface area contributed by atoms with Gasteiger partial charge in [-0.3, -0.25) is 9.47 Å². The van der Waals surface area contributed by atoms with Gasteiger partial charge in [-0.05, 0) is 61.6 Å². The summed E-state index contributed by atoms with van der Waals surface area (Å²) < 4.78 is 2.25. The number of nitrogens with zero attached hydrogens (tertiary/aromatic N) is 8. The van der Waals surface area contributed by atoms with E-state index in [2.05, 4.69) is 42.7 Å². The second kappa shape index (κ2) is 7.77. The van der Waals surface area contributed by atoms with E-state index in [1.807, 2.05) is 24.3 Å². The molecule has 180 valence electrons. The summed E-state index contributed by atoms with van der Waals surface area (Å²) in [5.41, 5.74) is 2.79. The van der Waals surface area contributed by atoms with Gasteiger partial charge in [-0.1, -0.05) is 17.7 Å². The molecule has 2 saturated carbocycles. The third-order valence-corrected chi connectivity index (χ3v) is 8.60. The van der Waals surface area contributed by atoms with E-state index in [4.69, 9.17) is 22.0 Å². The molecule has 0 bridgehead atoms. The maximum Gasteiger partial charge on any atom is 0.151 e. The van der Waals surface area contributed by atoms with Gasteiger partial charge in [0.15, 0.2) is 5.82 Å². The van der Waals surface area contributed by atoms with Crippen molar-refractivity contribution in [3.63, 3.8) is 0 Å². The van der Waals surface area contributed by atoms with E-state index in [0.717, 1.165) is 85.6 Å². The van der Waals surface area contributed by atoms with Crippen molar-refractivity contribution in [2.45, 2.75) is 44.7 Å². The normalized spacial score (nSPS) is 21.4. The Labute approximate surface area is 214 Å². The minimum atomic E-state index is -0.213. The van der Waals surface area contributed by atoms with Crippen molar-refractivity contribution in [1.29, 1.82) is 10.5 Å². The maximum atomic E-state index is 9.65. The second-order valence-corrected chi connectivity index (χ2v) is 11.5. The van der Waals surface area contributed by atoms with E-state index >= 15 is 0 Å². The average molecular weight is 497 g/mol. The number of anilines is 1. The van der Waals surface area contributed by atoms with Crippen LogP contribution in [0.2, 0.25) is 5.02 Å². The quantitative estimate of drug-likeness (QED) is 0.534. The smallest absolute Gasteiger partial charge is 0.151 e. The van der Waals surface area contributed by atoms with Crippen LogP contribution >= 0.6 is 11.6 Å². The van der Waals surface area contributed by atoms with E-state index < -0.39 is 0 Å². The largest absolute Gasteiger partial charge is 0.355 e. The van der Waals surface area contributed by atoms with Gasteiger partial charge in [0.1, 0.15) is 23.4 Å². The van der Waals surface area contributed by atoms with Crippen molar-refractivity contribution >= 4 is 17.4 Å². The first-order valence-corrected chi connectivity index (χ1v) is 12.9. The highest BCUT2D eigenvalue weighted by Gasteiger charge is 2.54. The van der Waals surface area contributed by atoms with Crippen LogP contribution in [0.15, 0.2) is 36.4 Å². The van der Waals surface area contributed by atoms with Gasteiger partial charge in [-0.15, -0.1) is 10.2 Å². The minimum absolute atomic E-state index is 0.213. The number of aromatic nitrogens is 4. The number of halogens is 1. The molecule has 36 heavy (non-hydrogen) atoms. The molecule has 2 aromatic heterocycles. The Morgan fingerprint density at radius 2 is 1.89 bits per heavy atom. The summed E-state index contributed by atoms with van der Waals surface area (Å²) in [5, 5.41) is 28.9. The van der Waals surface area contributed by atoms with Gasteiger partial charge in [0.25, 0.3) is 0 Å². The molecule has 0 amide bonds. The molecule has 0 atom stereocenters. The molecule has 8 nitrogen and oxygen atoms in total. The molecule has 2 aliphatic heterocycles. The molecule has 1 saturated heterocycles. The number of hydrogen-bond donors (Lipinski definition) is 0. The highest BCUT2D eigenvalue weighted by atomic mass is 35.5. The summed E-state index contributed by atoms with van der Waals surface area (Å²) in [7, 11) is 0. The van der Waals surface area contributed by atoms with E-state index in [9.17, 15) is 5.26 Å². The van der Waals surface area contributed by atoms with Crippen molar-refractivity contribution in [2.75, 3.05) is 24.5 Å². The fourth-order valence-electron chi connectivity index (χ4n) is 6.36. The molecule has 0 unspecified atom stereocenters. The molecule has 9 heteroatoms. The van der Waals surface area contributed by atoms with E-state index in [1.54, 1.807) is 6.07 Å². The Kier molecular flexibility index (Phi) is 4.70. The summed E-state index contributed by atoms with van der Waals surface area (Å²) in [4.78, 5) is 9.05. The van der Waals surface area contributed by atoms with E-state index in [-0.39, 0.29) is 10.8 Å². The molecule has 4 aliphatic rings. The SMILES string of the molecule is N#Cc1cccc(N2CC3(CC(c4nnc5n4-c4ccc(Cl)cc4CN(CC4(C#N)CC4)C5)C3)C2)n1. The zero-order valence-corrected chi connectivity index (χ0v) is 20.6. The average Bonchev–Trinajstić information content (AvgIpc) is 3.52. The summed E-state index contributed by atoms with van der Waals surface area (Å²) in [6.07, 6.45) is 4.09. The Hall–Kier alpha value is -3.46. The van der Waals surface area contributed by atoms with Crippen LogP contribution in [0.3, 0.4) is 0 Å². The highest BCUT2D eigenvalue weighted by molar-refractivity contribution is 6.30. The molecule has 0 radical (unpaired) electrons. The Bertz CT molecular complexity index is 1450. The Morgan fingerprint density at radius 1 is 1.06 bits per heavy atom. The van der Waals surface area contributed by atoms with Gasteiger partial charge in [0, 0.05) is 42.5 Å². The molecular weight excluding hydrogens is 472 g/mol. The van der Waals surface area contributed by atoms with Gasteiger partial charge >= 0.3 is 0 Å². The highest BCUT2D eigenvalue weighted by Crippen LogP contribution is 2.56. The lowest BCUT2D eigenvalue weighted by molar-refractivity contribution is 0.0581. The predicted molar refractivity (Wildman–Crippen MR) is 133 cm³/mol. The molecule has 3 aromatic rings. The summed E-state index contributed by atoms with van der Waals surface area (Å²) in [6, 6.07) is 16.4. The number of benzene rings is 1. The fourth-order valence-corrected chi connectivity index (χ4v) is 6.56. The first-order chi connectivity index (χ1) is 17.5. The van der Waals surface area contributed by atoms with Crippen LogP contribution in [-0.2, 0) is 13.1 Å². The van der Waals surface area contributed by atoms with Gasteiger partial charge in [-0.2, -0.15) is 10.5 Å². The molecule has 0 N–H and O–H groups in total. The summed E-state index contributed by atoms with van der Waals surface area (Å²) in [6.45, 7) is 4.10. The van der Waals surface area contributed by atoms with Gasteiger partial charge in [0.2, 0.25) is 0 Å². The first kappa shape index (κ1) is 21.8. The van der Waals surface area contributed by atoms with Crippen LogP contribution in [0.25, 0.3) is 5.69 Å². The van der Waals surface area contributed by atoms with Crippen LogP contribution in [0.4, 0.5) is 5.82 Å². The number of rotatable bonds is 4. The zero-order valence-electron chi connectivity index (χ0n) is 19.9. The van der Waals surface area contributed by atoms with Crippen LogP contribution in [0.5, 0.6) is 0 Å². The van der Waals surface area contributed by atoms with Crippen molar-refractivity contribution in [1.82, 2.24) is 24.6 Å². The van der Waals surface area contributed by atoms with Crippen LogP contribution in [0.1, 0.15) is 54.5 Å². The standard InChI is InChI=1S/C27H25ClN8/c28-20-4-5-22-18(8-20)12-34(15-26(14-30)6-7-26)13-24-32-33-25(36(22)24)19-9-27(10-19)16-35(17-27)23-3-1-2-21(11-29)31-23/h1-5,8,19H,6-7,9-10,12-13,15-17H2. The Balaban J connectivity index is 1.13. The first-order valence-electron chi connectivity index (χ1n) is 12.5. The monoisotopic (exact) mass is 496 g/mol. The van der Waals surface area contributed by atoms with Crippen molar-refractivity contribution in [3.05, 3.63) is 64.3 Å². The van der Waals surface area contributed by atoms with E-state index in [0.29, 0.717) is 18.2 Å². The third kappa shape index (κ3) is 3.48. The van der Waals surface area contributed by atoms with Crippen LogP contribution in [-0.4, -0.2) is 44.3 Å². The minimum Gasteiger partial charge on any atom is -0.355 e. The zero-order chi connectivity index (χ0) is 24.5. The van der Waals surface area contributed by atoms with Crippen molar-refractivity contribution < 1.29 is 0 Å². The van der Waals surface area contributed by atoms with Crippen molar-refractivity contribution in [3.8, 4) is 17.8 Å². The Morgan fingerprint density at radius 3 is 2.64 bits per heavy atom. The number of fused-ring (bicyclic) bond motifs is 3. The number of hydrogen-bond acceptors (Lipinski definition) is 7. The molecule has 4 heterocycles. The molecule has 3 fully saturated rings. The number of pyridine rings is 1. The van der Waals surface area contributed by atoms with Crippen molar-refractivity contribution in [2.24, 2.45) is 10.8 Å². The van der Waals surface area contributed by atoms with Gasteiger partial charge in [-0.25, -0.2) is 4.98 Å². The molecule has 2 aliphatic carbocycles. The molecule has 1 spiro atoms. The summed E-state index contributed by atoms with van der Waals surface area (Å²) in [5.74, 6) is 3.21. The van der Waals surface area contributed by atoms with Crippen LogP contribution < -0.4 is 4.90 Å². The lowest BCUT2D eigenvalue weighted by atomic mass is 9.57. The topological polar surface area (TPSA) is 97.7 Å². The predicted octanol–water partition coefficient (Wildman–Crippen LogP) is 4.19. The molecule has 1 aromatic carbocycles. The van der Waals surface area contributed by atoms with Crippen LogP contribution in [0, 0.1) is 33.5 Å². The number of nitriles is 2. The second-order valence-electron chi connectivity index (χ2n) is 11.1. The molecular formula is C27H25ClN8. The lowest BCUT2D eigenvalue weighted by Gasteiger charge is -2.59.